The maximum atomic E-state index is 12.7. The summed E-state index contributed by atoms with van der Waals surface area (Å²) in [6.45, 7) is 4.79. The number of imidazole rings is 1. The Bertz CT molecular complexity index is 691. The topological polar surface area (TPSA) is 58.4 Å². The zero-order valence-corrected chi connectivity index (χ0v) is 15.4. The number of aliphatic hydroxyl groups excluding tert-OH is 1. The number of piperidine rings is 1. The van der Waals surface area contributed by atoms with Gasteiger partial charge in [-0.05, 0) is 44.0 Å². The van der Waals surface area contributed by atoms with Gasteiger partial charge in [-0.15, -0.1) is 11.8 Å². The van der Waals surface area contributed by atoms with E-state index in [0.717, 1.165) is 48.8 Å². The molecule has 134 valence electrons. The summed E-state index contributed by atoms with van der Waals surface area (Å²) in [6.07, 6.45) is 5.83. The van der Waals surface area contributed by atoms with Crippen molar-refractivity contribution in [1.29, 1.82) is 0 Å². The third kappa shape index (κ3) is 4.25. The smallest absolute Gasteiger partial charge is 0.253 e. The highest BCUT2D eigenvalue weighted by Gasteiger charge is 2.26. The third-order valence-electron chi connectivity index (χ3n) is 4.70. The quantitative estimate of drug-likeness (QED) is 0.806. The molecule has 1 fully saturated rings. The number of carbonyl (C=O) groups is 1. The lowest BCUT2D eigenvalue weighted by Gasteiger charge is -2.32. The molecule has 1 saturated heterocycles. The number of benzene rings is 1. The fraction of sp³-hybridized carbons (Fsp3) is 0.474. The lowest BCUT2D eigenvalue weighted by atomic mass is 9.95. The van der Waals surface area contributed by atoms with E-state index in [1.807, 2.05) is 41.6 Å². The second kappa shape index (κ2) is 8.54. The van der Waals surface area contributed by atoms with E-state index in [1.54, 1.807) is 11.8 Å². The maximum Gasteiger partial charge on any atom is 0.253 e. The first-order valence-corrected chi connectivity index (χ1v) is 9.85. The molecule has 0 aliphatic carbocycles. The zero-order valence-electron chi connectivity index (χ0n) is 14.6. The molecule has 0 saturated carbocycles. The largest absolute Gasteiger partial charge is 0.396 e. The first kappa shape index (κ1) is 18.0. The highest BCUT2D eigenvalue weighted by atomic mass is 32.2. The summed E-state index contributed by atoms with van der Waals surface area (Å²) in [7, 11) is 0. The van der Waals surface area contributed by atoms with Crippen LogP contribution in [0.25, 0.3) is 0 Å². The van der Waals surface area contributed by atoms with Gasteiger partial charge < -0.3 is 14.6 Å². The van der Waals surface area contributed by atoms with Crippen molar-refractivity contribution in [2.45, 2.75) is 37.1 Å². The Morgan fingerprint density at radius 1 is 1.28 bits per heavy atom. The molecule has 0 spiro atoms. The summed E-state index contributed by atoms with van der Waals surface area (Å²) in [4.78, 5) is 20.2. The number of hydrogen-bond acceptors (Lipinski definition) is 4. The number of rotatable bonds is 6. The molecule has 1 aliphatic rings. The number of amides is 1. The van der Waals surface area contributed by atoms with Gasteiger partial charge in [0.15, 0.2) is 0 Å². The zero-order chi connectivity index (χ0) is 17.6. The molecular weight excluding hydrogens is 334 g/mol. The number of likely N-dealkylation sites (tertiary alicyclic amines) is 1. The molecule has 6 heteroatoms. The number of thioether (sulfide) groups is 1. The monoisotopic (exact) mass is 359 g/mol. The number of nitrogens with zero attached hydrogens (tertiary/aromatic N) is 3. The average molecular weight is 359 g/mol. The SMILES string of the molecule is CCn1ccnc1C1CCN(C(=O)c2ccc(SCCO)cc2)CC1. The van der Waals surface area contributed by atoms with E-state index in [0.29, 0.717) is 11.7 Å². The van der Waals surface area contributed by atoms with Gasteiger partial charge in [0.25, 0.3) is 5.91 Å². The molecular formula is C19H25N3O2S. The van der Waals surface area contributed by atoms with Crippen LogP contribution < -0.4 is 0 Å². The van der Waals surface area contributed by atoms with Gasteiger partial charge in [0.2, 0.25) is 0 Å². The van der Waals surface area contributed by atoms with Crippen LogP contribution in [0.15, 0.2) is 41.6 Å². The Balaban J connectivity index is 1.58. The standard InChI is InChI=1S/C19H25N3O2S/c1-2-21-12-9-20-18(21)15-7-10-22(11-8-15)19(24)16-3-5-17(6-4-16)25-14-13-23/h3-6,9,12,15,23H,2,7-8,10-11,13-14H2,1H3. The van der Waals surface area contributed by atoms with Crippen LogP contribution in [-0.2, 0) is 6.54 Å². The van der Waals surface area contributed by atoms with Gasteiger partial charge in [-0.3, -0.25) is 4.79 Å². The molecule has 0 radical (unpaired) electrons. The van der Waals surface area contributed by atoms with Gasteiger partial charge in [0, 0.05) is 54.2 Å². The van der Waals surface area contributed by atoms with E-state index in [9.17, 15) is 4.79 Å². The van der Waals surface area contributed by atoms with Crippen molar-refractivity contribution in [3.63, 3.8) is 0 Å². The second-order valence-electron chi connectivity index (χ2n) is 6.23. The van der Waals surface area contributed by atoms with Crippen LogP contribution in [0.3, 0.4) is 0 Å². The van der Waals surface area contributed by atoms with Gasteiger partial charge in [-0.25, -0.2) is 4.98 Å². The molecule has 1 aliphatic heterocycles. The van der Waals surface area contributed by atoms with E-state index in [1.165, 1.54) is 0 Å². The summed E-state index contributed by atoms with van der Waals surface area (Å²) in [6, 6.07) is 7.69. The van der Waals surface area contributed by atoms with Crippen molar-refractivity contribution >= 4 is 17.7 Å². The highest BCUT2D eigenvalue weighted by molar-refractivity contribution is 7.99. The van der Waals surface area contributed by atoms with Crippen LogP contribution in [0.1, 0.15) is 41.9 Å². The number of aryl methyl sites for hydroxylation is 1. The molecule has 2 heterocycles. The molecule has 1 N–H and O–H groups in total. The van der Waals surface area contributed by atoms with Crippen molar-refractivity contribution in [1.82, 2.24) is 14.5 Å². The normalized spacial score (nSPS) is 15.5. The summed E-state index contributed by atoms with van der Waals surface area (Å²) < 4.78 is 2.20. The Labute approximate surface area is 153 Å². The predicted molar refractivity (Wildman–Crippen MR) is 100 cm³/mol. The van der Waals surface area contributed by atoms with Crippen LogP contribution in [0.4, 0.5) is 0 Å². The molecule has 25 heavy (non-hydrogen) atoms. The number of aliphatic hydroxyl groups is 1. The Morgan fingerprint density at radius 3 is 2.64 bits per heavy atom. The minimum atomic E-state index is 0.107. The van der Waals surface area contributed by atoms with Crippen LogP contribution in [-0.4, -0.2) is 50.9 Å². The molecule has 0 bridgehead atoms. The van der Waals surface area contributed by atoms with Crippen molar-refractivity contribution in [3.05, 3.63) is 48.0 Å². The lowest BCUT2D eigenvalue weighted by Crippen LogP contribution is -2.38. The maximum absolute atomic E-state index is 12.7. The van der Waals surface area contributed by atoms with E-state index < -0.39 is 0 Å². The molecule has 0 atom stereocenters. The van der Waals surface area contributed by atoms with Crippen LogP contribution in [0.2, 0.25) is 0 Å². The first-order chi connectivity index (χ1) is 12.2. The number of aromatic nitrogens is 2. The third-order valence-corrected chi connectivity index (χ3v) is 5.69. The molecule has 1 aromatic heterocycles. The Hall–Kier alpha value is -1.79. The molecule has 3 rings (SSSR count). The lowest BCUT2D eigenvalue weighted by molar-refractivity contribution is 0.0710. The number of carbonyl (C=O) groups excluding carboxylic acids is 1. The predicted octanol–water partition coefficient (Wildman–Crippen LogP) is 3.01. The average Bonchev–Trinajstić information content (AvgIpc) is 3.15. The summed E-state index contributed by atoms with van der Waals surface area (Å²) >= 11 is 1.59. The molecule has 2 aromatic rings. The summed E-state index contributed by atoms with van der Waals surface area (Å²) in [5.74, 6) is 2.38. The van der Waals surface area contributed by atoms with Crippen molar-refractivity contribution < 1.29 is 9.90 Å². The van der Waals surface area contributed by atoms with Gasteiger partial charge in [-0.1, -0.05) is 0 Å². The highest BCUT2D eigenvalue weighted by Crippen LogP contribution is 2.28. The second-order valence-corrected chi connectivity index (χ2v) is 7.40. The molecule has 1 amide bonds. The summed E-state index contributed by atoms with van der Waals surface area (Å²) in [5.41, 5.74) is 0.738. The van der Waals surface area contributed by atoms with Gasteiger partial charge >= 0.3 is 0 Å². The van der Waals surface area contributed by atoms with Crippen molar-refractivity contribution in [2.24, 2.45) is 0 Å². The van der Waals surface area contributed by atoms with E-state index in [-0.39, 0.29) is 12.5 Å². The van der Waals surface area contributed by atoms with Gasteiger partial charge in [0.05, 0.1) is 6.61 Å². The van der Waals surface area contributed by atoms with Crippen LogP contribution in [0, 0.1) is 0 Å². The minimum Gasteiger partial charge on any atom is -0.396 e. The fourth-order valence-electron chi connectivity index (χ4n) is 3.33. The van der Waals surface area contributed by atoms with E-state index in [4.69, 9.17) is 5.11 Å². The van der Waals surface area contributed by atoms with E-state index in [2.05, 4.69) is 16.5 Å². The fourth-order valence-corrected chi connectivity index (χ4v) is 3.98. The van der Waals surface area contributed by atoms with Gasteiger partial charge in [-0.2, -0.15) is 0 Å². The van der Waals surface area contributed by atoms with Crippen molar-refractivity contribution in [3.8, 4) is 0 Å². The summed E-state index contributed by atoms with van der Waals surface area (Å²) in [5, 5.41) is 8.88. The Morgan fingerprint density at radius 2 is 2.00 bits per heavy atom. The van der Waals surface area contributed by atoms with Gasteiger partial charge in [0.1, 0.15) is 5.82 Å². The first-order valence-electron chi connectivity index (χ1n) is 8.87. The number of hydrogen-bond donors (Lipinski definition) is 1. The van der Waals surface area contributed by atoms with Crippen LogP contribution in [0.5, 0.6) is 0 Å². The van der Waals surface area contributed by atoms with Crippen LogP contribution >= 0.6 is 11.8 Å². The van der Waals surface area contributed by atoms with E-state index >= 15 is 0 Å². The van der Waals surface area contributed by atoms with Crippen molar-refractivity contribution in [2.75, 3.05) is 25.4 Å². The molecule has 0 unspecified atom stereocenters. The molecule has 1 aromatic carbocycles. The molecule has 5 nitrogen and oxygen atoms in total. The minimum absolute atomic E-state index is 0.107. The Kier molecular flexibility index (Phi) is 6.15.